The van der Waals surface area contributed by atoms with Crippen LogP contribution in [-0.2, 0) is 0 Å². The second-order valence-electron chi connectivity index (χ2n) is 7.54. The molecule has 1 aliphatic carbocycles. The van der Waals surface area contributed by atoms with Crippen LogP contribution >= 0.6 is 0 Å². The van der Waals surface area contributed by atoms with Crippen molar-refractivity contribution in [3.63, 3.8) is 0 Å². The average Bonchev–Trinajstić information content (AvgIpc) is 2.80. The van der Waals surface area contributed by atoms with E-state index in [1.165, 1.54) is 33.0 Å². The van der Waals surface area contributed by atoms with Gasteiger partial charge in [-0.15, -0.1) is 0 Å². The van der Waals surface area contributed by atoms with E-state index in [1.54, 1.807) is 0 Å². The Balaban J connectivity index is 1.50. The number of anilines is 1. The molecule has 1 aliphatic rings. The monoisotopic (exact) mass is 373 g/mol. The van der Waals surface area contributed by atoms with Crippen LogP contribution in [0, 0.1) is 0 Å². The van der Waals surface area contributed by atoms with Gasteiger partial charge in [-0.25, -0.2) is 0 Å². The largest absolute Gasteiger partial charge is 0.378 e. The molecular formula is C28H23N. The van der Waals surface area contributed by atoms with E-state index in [0.29, 0.717) is 0 Å². The second kappa shape index (κ2) is 7.81. The van der Waals surface area contributed by atoms with Gasteiger partial charge in [0.05, 0.1) is 0 Å². The molecule has 0 bridgehead atoms. The Morgan fingerprint density at radius 1 is 0.621 bits per heavy atom. The third-order valence-electron chi connectivity index (χ3n) is 5.50. The van der Waals surface area contributed by atoms with Gasteiger partial charge in [0.15, 0.2) is 0 Å². The fourth-order valence-electron chi connectivity index (χ4n) is 4.06. The molecule has 0 fully saturated rings. The SMILES string of the molecule is C1=C(c2ccccc2)C=C(c2ccccc2)CC1Nc1ccc2ccccc2c1. The highest BCUT2D eigenvalue weighted by molar-refractivity contribution is 5.88. The van der Waals surface area contributed by atoms with Crippen LogP contribution < -0.4 is 5.32 Å². The van der Waals surface area contributed by atoms with Crippen LogP contribution in [0.15, 0.2) is 115 Å². The minimum absolute atomic E-state index is 0.242. The predicted molar refractivity (Wildman–Crippen MR) is 125 cm³/mol. The Morgan fingerprint density at radius 3 is 2.03 bits per heavy atom. The Hall–Kier alpha value is -3.58. The highest BCUT2D eigenvalue weighted by Crippen LogP contribution is 2.33. The summed E-state index contributed by atoms with van der Waals surface area (Å²) < 4.78 is 0. The zero-order valence-corrected chi connectivity index (χ0v) is 16.3. The zero-order chi connectivity index (χ0) is 19.5. The molecule has 1 atom stereocenters. The van der Waals surface area contributed by atoms with Crippen molar-refractivity contribution in [2.45, 2.75) is 12.5 Å². The maximum Gasteiger partial charge on any atom is 0.0493 e. The van der Waals surface area contributed by atoms with Crippen LogP contribution in [0.5, 0.6) is 0 Å². The molecule has 0 radical (unpaired) electrons. The summed E-state index contributed by atoms with van der Waals surface area (Å²) in [6.45, 7) is 0. The fraction of sp³-hybridized carbons (Fsp3) is 0.0714. The van der Waals surface area contributed by atoms with Crippen LogP contribution in [0.2, 0.25) is 0 Å². The number of fused-ring (bicyclic) bond motifs is 1. The normalized spacial score (nSPS) is 16.2. The van der Waals surface area contributed by atoms with Gasteiger partial charge in [0.2, 0.25) is 0 Å². The molecule has 1 nitrogen and oxygen atoms in total. The second-order valence-corrected chi connectivity index (χ2v) is 7.54. The average molecular weight is 373 g/mol. The van der Waals surface area contributed by atoms with Crippen molar-refractivity contribution in [2.75, 3.05) is 5.32 Å². The first-order chi connectivity index (χ1) is 14.3. The first kappa shape index (κ1) is 17.5. The third kappa shape index (κ3) is 3.86. The molecule has 0 aromatic heterocycles. The van der Waals surface area contributed by atoms with Gasteiger partial charge in [0, 0.05) is 11.7 Å². The lowest BCUT2D eigenvalue weighted by atomic mass is 9.88. The summed E-state index contributed by atoms with van der Waals surface area (Å²) >= 11 is 0. The number of benzene rings is 4. The molecule has 0 saturated heterocycles. The minimum Gasteiger partial charge on any atom is -0.378 e. The highest BCUT2D eigenvalue weighted by atomic mass is 14.9. The molecule has 1 heteroatoms. The standard InChI is InChI=1S/C28H23N/c1-3-9-21(10-4-1)25-17-26(22-11-5-2-6-12-22)20-28(19-25)29-27-16-15-23-13-7-8-14-24(23)18-27/h1-19,28-29H,20H2. The van der Waals surface area contributed by atoms with Crippen molar-refractivity contribution in [1.29, 1.82) is 0 Å². The van der Waals surface area contributed by atoms with E-state index in [-0.39, 0.29) is 6.04 Å². The van der Waals surface area contributed by atoms with Crippen molar-refractivity contribution >= 4 is 27.6 Å². The van der Waals surface area contributed by atoms with E-state index in [4.69, 9.17) is 0 Å². The number of hydrogen-bond acceptors (Lipinski definition) is 1. The molecule has 1 unspecified atom stereocenters. The highest BCUT2D eigenvalue weighted by Gasteiger charge is 2.17. The van der Waals surface area contributed by atoms with Crippen molar-refractivity contribution in [3.8, 4) is 0 Å². The molecule has 0 saturated carbocycles. The molecule has 29 heavy (non-hydrogen) atoms. The molecule has 4 aromatic carbocycles. The van der Waals surface area contributed by atoms with E-state index < -0.39 is 0 Å². The Bertz CT molecular complexity index is 1190. The van der Waals surface area contributed by atoms with Crippen molar-refractivity contribution in [3.05, 3.63) is 126 Å². The number of hydrogen-bond donors (Lipinski definition) is 1. The number of rotatable bonds is 4. The predicted octanol–water partition coefficient (Wildman–Crippen LogP) is 7.19. The van der Waals surface area contributed by atoms with E-state index >= 15 is 0 Å². The number of allylic oxidation sites excluding steroid dienone is 2. The molecule has 140 valence electrons. The first-order valence-electron chi connectivity index (χ1n) is 10.1. The molecule has 5 rings (SSSR count). The third-order valence-corrected chi connectivity index (χ3v) is 5.50. The maximum absolute atomic E-state index is 3.76. The minimum atomic E-state index is 0.242. The van der Waals surface area contributed by atoms with E-state index in [0.717, 1.165) is 12.1 Å². The van der Waals surface area contributed by atoms with Gasteiger partial charge < -0.3 is 5.32 Å². The molecular weight excluding hydrogens is 350 g/mol. The van der Waals surface area contributed by atoms with Gasteiger partial charge in [-0.05, 0) is 51.6 Å². The summed E-state index contributed by atoms with van der Waals surface area (Å²) in [6.07, 6.45) is 5.66. The van der Waals surface area contributed by atoms with Gasteiger partial charge in [-0.2, -0.15) is 0 Å². The quantitative estimate of drug-likeness (QED) is 0.399. The van der Waals surface area contributed by atoms with E-state index in [9.17, 15) is 0 Å². The number of nitrogens with one attached hydrogen (secondary N) is 1. The summed E-state index contributed by atoms with van der Waals surface area (Å²) in [5, 5.41) is 6.29. The maximum atomic E-state index is 3.76. The first-order valence-corrected chi connectivity index (χ1v) is 10.1. The van der Waals surface area contributed by atoms with Gasteiger partial charge >= 0.3 is 0 Å². The van der Waals surface area contributed by atoms with Crippen LogP contribution in [0.4, 0.5) is 5.69 Å². The Labute approximate surface area is 172 Å². The zero-order valence-electron chi connectivity index (χ0n) is 16.3. The molecule has 0 amide bonds. The van der Waals surface area contributed by atoms with Crippen LogP contribution in [0.1, 0.15) is 17.5 Å². The van der Waals surface area contributed by atoms with Crippen molar-refractivity contribution in [2.24, 2.45) is 0 Å². The van der Waals surface area contributed by atoms with E-state index in [2.05, 4.69) is 121 Å². The molecule has 4 aromatic rings. The van der Waals surface area contributed by atoms with Gasteiger partial charge in [0.1, 0.15) is 0 Å². The Kier molecular flexibility index (Phi) is 4.72. The van der Waals surface area contributed by atoms with E-state index in [1.807, 2.05) is 0 Å². The molecule has 1 N–H and O–H groups in total. The molecule has 0 heterocycles. The lowest BCUT2D eigenvalue weighted by Crippen LogP contribution is -2.20. The van der Waals surface area contributed by atoms with Gasteiger partial charge in [-0.3, -0.25) is 0 Å². The van der Waals surface area contributed by atoms with Crippen molar-refractivity contribution in [1.82, 2.24) is 0 Å². The van der Waals surface area contributed by atoms with Gasteiger partial charge in [0.25, 0.3) is 0 Å². The summed E-state index contributed by atoms with van der Waals surface area (Å²) in [7, 11) is 0. The topological polar surface area (TPSA) is 12.0 Å². The van der Waals surface area contributed by atoms with Gasteiger partial charge in [-0.1, -0.05) is 103 Å². The lowest BCUT2D eigenvalue weighted by molar-refractivity contribution is 0.900. The summed E-state index contributed by atoms with van der Waals surface area (Å²) in [4.78, 5) is 0. The summed E-state index contributed by atoms with van der Waals surface area (Å²) in [5.74, 6) is 0. The van der Waals surface area contributed by atoms with Crippen molar-refractivity contribution < 1.29 is 0 Å². The molecule has 0 spiro atoms. The lowest BCUT2D eigenvalue weighted by Gasteiger charge is -2.24. The smallest absolute Gasteiger partial charge is 0.0493 e. The Morgan fingerprint density at radius 2 is 1.28 bits per heavy atom. The fourth-order valence-corrected chi connectivity index (χ4v) is 4.06. The van der Waals surface area contributed by atoms with Crippen LogP contribution in [0.3, 0.4) is 0 Å². The summed E-state index contributed by atoms with van der Waals surface area (Å²) in [5.41, 5.74) is 6.34. The molecule has 0 aliphatic heterocycles. The van der Waals surface area contributed by atoms with Crippen LogP contribution in [0.25, 0.3) is 21.9 Å². The van der Waals surface area contributed by atoms with Crippen LogP contribution in [-0.4, -0.2) is 6.04 Å². The summed E-state index contributed by atoms with van der Waals surface area (Å²) in [6, 6.07) is 36.7.